The van der Waals surface area contributed by atoms with Crippen molar-refractivity contribution in [3.63, 3.8) is 0 Å². The fraction of sp³-hybridized carbons (Fsp3) is 0.250. The Balaban J connectivity index is 2.08. The minimum absolute atomic E-state index is 0.125. The molecule has 0 saturated heterocycles. The molecule has 0 bridgehead atoms. The maximum absolute atomic E-state index is 12.2. The highest BCUT2D eigenvalue weighted by Crippen LogP contribution is 2.22. The van der Waals surface area contributed by atoms with Gasteiger partial charge in [-0.3, -0.25) is 9.78 Å². The zero-order valence-corrected chi connectivity index (χ0v) is 11.3. The first-order chi connectivity index (χ1) is 9.06. The topological polar surface area (TPSA) is 56.0 Å². The van der Waals surface area contributed by atoms with E-state index in [4.69, 9.17) is 5.73 Å². The Kier molecular flexibility index (Phi) is 3.95. The largest absolute Gasteiger partial charge is 0.399 e. The van der Waals surface area contributed by atoms with Crippen LogP contribution >= 0.6 is 0 Å². The summed E-state index contributed by atoms with van der Waals surface area (Å²) >= 11 is 0. The first-order valence-electron chi connectivity index (χ1n) is 6.36. The van der Waals surface area contributed by atoms with Crippen LogP contribution in [0.15, 0.2) is 42.7 Å². The molecule has 19 heavy (non-hydrogen) atoms. The summed E-state index contributed by atoms with van der Waals surface area (Å²) in [5.74, 6) is 0.300. The number of nitrogens with zero attached hydrogens (tertiary/aromatic N) is 1. The number of hydrogen-bond acceptors (Lipinski definition) is 3. The van der Waals surface area contributed by atoms with Crippen LogP contribution in [-0.2, 0) is 0 Å². The molecule has 0 spiro atoms. The van der Waals surface area contributed by atoms with Crippen LogP contribution in [0.2, 0.25) is 0 Å². The van der Waals surface area contributed by atoms with Crippen LogP contribution in [0, 0.1) is 6.92 Å². The third kappa shape index (κ3) is 3.41. The third-order valence-electron chi connectivity index (χ3n) is 3.19. The van der Waals surface area contributed by atoms with Crippen LogP contribution in [-0.4, -0.2) is 10.8 Å². The molecule has 0 aliphatic carbocycles. The molecule has 1 unspecified atom stereocenters. The van der Waals surface area contributed by atoms with E-state index in [0.29, 0.717) is 12.0 Å². The molecule has 1 aromatic carbocycles. The van der Waals surface area contributed by atoms with Gasteiger partial charge in [0.05, 0.1) is 0 Å². The maximum atomic E-state index is 12.2. The average molecular weight is 254 g/mol. The quantitative estimate of drug-likeness (QED) is 0.672. The van der Waals surface area contributed by atoms with E-state index in [-0.39, 0.29) is 11.7 Å². The van der Waals surface area contributed by atoms with Crippen LogP contribution in [0.5, 0.6) is 0 Å². The smallest absolute Gasteiger partial charge is 0.165 e. The summed E-state index contributed by atoms with van der Waals surface area (Å²) in [5, 5.41) is 0. The second kappa shape index (κ2) is 5.65. The van der Waals surface area contributed by atoms with Gasteiger partial charge in [-0.1, -0.05) is 19.1 Å². The lowest BCUT2D eigenvalue weighted by molar-refractivity contribution is 0.0975. The lowest BCUT2D eigenvalue weighted by atomic mass is 9.93. The van der Waals surface area contributed by atoms with Gasteiger partial charge >= 0.3 is 0 Å². The number of aromatic nitrogens is 1. The third-order valence-corrected chi connectivity index (χ3v) is 3.19. The number of pyridine rings is 1. The summed E-state index contributed by atoms with van der Waals surface area (Å²) in [6.07, 6.45) is 3.86. The van der Waals surface area contributed by atoms with Crippen molar-refractivity contribution in [3.8, 4) is 0 Å². The molecule has 2 rings (SSSR count). The van der Waals surface area contributed by atoms with E-state index < -0.39 is 0 Å². The van der Waals surface area contributed by atoms with E-state index >= 15 is 0 Å². The van der Waals surface area contributed by atoms with Gasteiger partial charge in [-0.15, -0.1) is 0 Å². The number of Topliss-reactive ketones (excluding diaryl/α,β-unsaturated/α-hetero) is 1. The molecule has 3 nitrogen and oxygen atoms in total. The Hall–Kier alpha value is -2.16. The number of benzene rings is 1. The SMILES string of the molecule is Cc1cncc(C(=O)CC(C)c2ccc(N)cc2)c1. The molecule has 0 amide bonds. The molecule has 3 heteroatoms. The van der Waals surface area contributed by atoms with Crippen molar-refractivity contribution in [1.29, 1.82) is 0 Å². The molecule has 2 aromatic rings. The van der Waals surface area contributed by atoms with Gasteiger partial charge in [-0.25, -0.2) is 0 Å². The van der Waals surface area contributed by atoms with Gasteiger partial charge < -0.3 is 5.73 Å². The van der Waals surface area contributed by atoms with Gasteiger partial charge in [0.1, 0.15) is 0 Å². The average Bonchev–Trinajstić information content (AvgIpc) is 2.39. The van der Waals surface area contributed by atoms with Crippen molar-refractivity contribution in [1.82, 2.24) is 4.98 Å². The van der Waals surface area contributed by atoms with Gasteiger partial charge in [0, 0.05) is 30.1 Å². The molecule has 1 heterocycles. The van der Waals surface area contributed by atoms with Crippen LogP contribution < -0.4 is 5.73 Å². The number of hydrogen-bond donors (Lipinski definition) is 1. The predicted molar refractivity (Wildman–Crippen MR) is 77.2 cm³/mol. The molecule has 0 saturated carbocycles. The lowest BCUT2D eigenvalue weighted by Gasteiger charge is -2.11. The highest BCUT2D eigenvalue weighted by Gasteiger charge is 2.13. The van der Waals surface area contributed by atoms with Crippen LogP contribution in [0.4, 0.5) is 5.69 Å². The van der Waals surface area contributed by atoms with E-state index in [0.717, 1.165) is 16.8 Å². The fourth-order valence-electron chi connectivity index (χ4n) is 2.05. The zero-order chi connectivity index (χ0) is 13.8. The number of nitrogen functional groups attached to an aromatic ring is 1. The van der Waals surface area contributed by atoms with Crippen molar-refractivity contribution >= 4 is 11.5 Å². The Morgan fingerprint density at radius 1 is 1.26 bits per heavy atom. The van der Waals surface area contributed by atoms with Crippen molar-refractivity contribution in [2.75, 3.05) is 5.73 Å². The Morgan fingerprint density at radius 3 is 2.58 bits per heavy atom. The molecule has 1 atom stereocenters. The number of aryl methyl sites for hydroxylation is 1. The molecule has 2 N–H and O–H groups in total. The molecular formula is C16H18N2O. The highest BCUT2D eigenvalue weighted by molar-refractivity contribution is 5.96. The summed E-state index contributed by atoms with van der Waals surface area (Å²) in [6, 6.07) is 9.56. The first kappa shape index (κ1) is 13.3. The van der Waals surface area contributed by atoms with E-state index in [2.05, 4.69) is 4.98 Å². The number of carbonyl (C=O) groups excluding carboxylic acids is 1. The number of anilines is 1. The second-order valence-corrected chi connectivity index (χ2v) is 4.95. The Morgan fingerprint density at radius 2 is 1.95 bits per heavy atom. The molecule has 0 aliphatic heterocycles. The number of ketones is 1. The van der Waals surface area contributed by atoms with Gasteiger partial charge in [-0.2, -0.15) is 0 Å². The maximum Gasteiger partial charge on any atom is 0.165 e. The van der Waals surface area contributed by atoms with E-state index in [1.807, 2.05) is 44.2 Å². The lowest BCUT2D eigenvalue weighted by Crippen LogP contribution is -2.06. The fourth-order valence-corrected chi connectivity index (χ4v) is 2.05. The van der Waals surface area contributed by atoms with E-state index in [1.165, 1.54) is 0 Å². The normalized spacial score (nSPS) is 12.1. The summed E-state index contributed by atoms with van der Waals surface area (Å²) in [5.41, 5.74) is 9.22. The monoisotopic (exact) mass is 254 g/mol. The molecule has 0 aliphatic rings. The van der Waals surface area contributed by atoms with Gasteiger partial charge in [0.2, 0.25) is 0 Å². The van der Waals surface area contributed by atoms with Crippen molar-refractivity contribution in [2.45, 2.75) is 26.2 Å². The minimum Gasteiger partial charge on any atom is -0.399 e. The van der Waals surface area contributed by atoms with Crippen LogP contribution in [0.3, 0.4) is 0 Å². The summed E-state index contributed by atoms with van der Waals surface area (Å²) in [4.78, 5) is 16.2. The Labute approximate surface area is 113 Å². The van der Waals surface area contributed by atoms with E-state index in [9.17, 15) is 4.79 Å². The van der Waals surface area contributed by atoms with Gasteiger partial charge in [0.15, 0.2) is 5.78 Å². The number of nitrogens with two attached hydrogens (primary N) is 1. The Bertz CT molecular complexity index is 576. The van der Waals surface area contributed by atoms with Crippen molar-refractivity contribution in [3.05, 3.63) is 59.4 Å². The molecule has 1 aromatic heterocycles. The van der Waals surface area contributed by atoms with Gasteiger partial charge in [0.25, 0.3) is 0 Å². The summed E-state index contributed by atoms with van der Waals surface area (Å²) < 4.78 is 0. The van der Waals surface area contributed by atoms with Gasteiger partial charge in [-0.05, 0) is 42.2 Å². The second-order valence-electron chi connectivity index (χ2n) is 4.95. The molecule has 0 fully saturated rings. The first-order valence-corrected chi connectivity index (χ1v) is 6.36. The zero-order valence-electron chi connectivity index (χ0n) is 11.3. The number of carbonyl (C=O) groups is 1. The standard InChI is InChI=1S/C16H18N2O/c1-11-7-14(10-18-9-11)16(19)8-12(2)13-3-5-15(17)6-4-13/h3-7,9-10,12H,8,17H2,1-2H3. The summed E-state index contributed by atoms with van der Waals surface area (Å²) in [6.45, 7) is 3.99. The van der Waals surface area contributed by atoms with Crippen molar-refractivity contribution in [2.24, 2.45) is 0 Å². The van der Waals surface area contributed by atoms with Crippen LogP contribution in [0.1, 0.15) is 40.7 Å². The van der Waals surface area contributed by atoms with E-state index in [1.54, 1.807) is 12.4 Å². The highest BCUT2D eigenvalue weighted by atomic mass is 16.1. The molecule has 98 valence electrons. The summed E-state index contributed by atoms with van der Waals surface area (Å²) in [7, 11) is 0. The molecular weight excluding hydrogens is 236 g/mol. The van der Waals surface area contributed by atoms with Crippen LogP contribution in [0.25, 0.3) is 0 Å². The predicted octanol–water partition coefficient (Wildman–Crippen LogP) is 3.35. The minimum atomic E-state index is 0.125. The van der Waals surface area contributed by atoms with Crippen molar-refractivity contribution < 1.29 is 4.79 Å². The number of rotatable bonds is 4. The molecule has 0 radical (unpaired) electrons.